The van der Waals surface area contributed by atoms with E-state index in [1.54, 1.807) is 6.92 Å². The van der Waals surface area contributed by atoms with E-state index in [9.17, 15) is 9.59 Å². The van der Waals surface area contributed by atoms with Gasteiger partial charge in [0.15, 0.2) is 0 Å². The molecule has 0 saturated carbocycles. The molecule has 1 unspecified atom stereocenters. The van der Waals surface area contributed by atoms with Crippen LogP contribution in [0.1, 0.15) is 90.9 Å². The van der Waals surface area contributed by atoms with Crippen LogP contribution in [-0.2, 0) is 14.3 Å². The molecule has 142 valence electrons. The van der Waals surface area contributed by atoms with Gasteiger partial charge in [-0.25, -0.2) is 0 Å². The van der Waals surface area contributed by atoms with Crippen LogP contribution in [0.3, 0.4) is 0 Å². The Balaban J connectivity index is 3.22. The van der Waals surface area contributed by atoms with E-state index in [2.05, 4.69) is 28.2 Å². The smallest absolute Gasteiger partial charge is 0.325 e. The van der Waals surface area contributed by atoms with E-state index in [1.165, 1.54) is 64.2 Å². The van der Waals surface area contributed by atoms with Crippen LogP contribution in [0, 0.1) is 0 Å². The fourth-order valence-electron chi connectivity index (χ4n) is 2.48. The highest BCUT2D eigenvalue weighted by atomic mass is 79.9. The maximum atomic E-state index is 11.4. The Kier molecular flexibility index (Phi) is 16.8. The van der Waals surface area contributed by atoms with Gasteiger partial charge in [-0.05, 0) is 13.3 Å². The van der Waals surface area contributed by atoms with Gasteiger partial charge in [0.25, 0.3) is 0 Å². The van der Waals surface area contributed by atoms with Crippen LogP contribution in [0.25, 0.3) is 0 Å². The number of ether oxygens (including phenoxy) is 1. The lowest BCUT2D eigenvalue weighted by Gasteiger charge is -2.07. The van der Waals surface area contributed by atoms with E-state index in [0.717, 1.165) is 12.8 Å². The average molecular weight is 406 g/mol. The number of amides is 1. The molecule has 0 fully saturated rings. The molecule has 1 amide bonds. The molecule has 0 heterocycles. The Hall–Kier alpha value is -0.580. The van der Waals surface area contributed by atoms with Crippen LogP contribution in [0.15, 0.2) is 0 Å². The highest BCUT2D eigenvalue weighted by Crippen LogP contribution is 2.11. The zero-order valence-corrected chi connectivity index (χ0v) is 17.2. The van der Waals surface area contributed by atoms with Gasteiger partial charge in [-0.15, -0.1) is 0 Å². The SMILES string of the molecule is CCCCCCCCCCCCCCOC(=O)CNC(=O)C(C)Br. The largest absolute Gasteiger partial charge is 0.464 e. The third-order valence-corrected chi connectivity index (χ3v) is 4.45. The first kappa shape index (κ1) is 23.4. The van der Waals surface area contributed by atoms with Crippen molar-refractivity contribution in [2.75, 3.05) is 13.2 Å². The molecule has 1 atom stereocenters. The number of carbonyl (C=O) groups is 2. The Labute approximate surface area is 156 Å². The molecule has 1 N–H and O–H groups in total. The van der Waals surface area contributed by atoms with E-state index in [1.807, 2.05) is 0 Å². The lowest BCUT2D eigenvalue weighted by atomic mass is 10.1. The molecule has 0 aliphatic heterocycles. The molecule has 0 saturated heterocycles. The van der Waals surface area contributed by atoms with Gasteiger partial charge in [-0.1, -0.05) is 93.5 Å². The number of carbonyl (C=O) groups excluding carboxylic acids is 2. The first-order valence-corrected chi connectivity index (χ1v) is 10.6. The minimum absolute atomic E-state index is 0.0486. The van der Waals surface area contributed by atoms with E-state index in [0.29, 0.717) is 6.61 Å². The molecular weight excluding hydrogens is 370 g/mol. The zero-order valence-electron chi connectivity index (χ0n) is 15.6. The van der Waals surface area contributed by atoms with Gasteiger partial charge in [-0.2, -0.15) is 0 Å². The molecule has 5 heteroatoms. The van der Waals surface area contributed by atoms with E-state index in [-0.39, 0.29) is 23.2 Å². The van der Waals surface area contributed by atoms with Crippen molar-refractivity contribution in [2.24, 2.45) is 0 Å². The summed E-state index contributed by atoms with van der Waals surface area (Å²) < 4.78 is 5.10. The molecule has 0 aliphatic rings. The second kappa shape index (κ2) is 17.2. The Morgan fingerprint density at radius 1 is 0.875 bits per heavy atom. The zero-order chi connectivity index (χ0) is 18.0. The first-order chi connectivity index (χ1) is 11.6. The summed E-state index contributed by atoms with van der Waals surface area (Å²) in [5.41, 5.74) is 0. The van der Waals surface area contributed by atoms with Crippen LogP contribution in [0.4, 0.5) is 0 Å². The van der Waals surface area contributed by atoms with Crippen LogP contribution >= 0.6 is 15.9 Å². The topological polar surface area (TPSA) is 55.4 Å². The van der Waals surface area contributed by atoms with Crippen molar-refractivity contribution in [1.29, 1.82) is 0 Å². The summed E-state index contributed by atoms with van der Waals surface area (Å²) in [5, 5.41) is 2.52. The predicted molar refractivity (Wildman–Crippen MR) is 103 cm³/mol. The number of alkyl halides is 1. The van der Waals surface area contributed by atoms with Gasteiger partial charge in [0.2, 0.25) is 5.91 Å². The number of hydrogen-bond donors (Lipinski definition) is 1. The molecule has 0 rings (SSSR count). The number of esters is 1. The molecule has 0 aromatic heterocycles. The molecule has 0 radical (unpaired) electrons. The maximum absolute atomic E-state index is 11.4. The summed E-state index contributed by atoms with van der Waals surface area (Å²) in [4.78, 5) is 22.4. The Morgan fingerprint density at radius 2 is 1.33 bits per heavy atom. The fourth-order valence-corrected chi connectivity index (χ4v) is 2.64. The number of rotatable bonds is 16. The molecule has 0 spiro atoms. The fraction of sp³-hybridized carbons (Fsp3) is 0.895. The Bertz CT molecular complexity index is 322. The molecule has 4 nitrogen and oxygen atoms in total. The lowest BCUT2D eigenvalue weighted by Crippen LogP contribution is -2.34. The van der Waals surface area contributed by atoms with E-state index >= 15 is 0 Å². The maximum Gasteiger partial charge on any atom is 0.325 e. The number of nitrogens with one attached hydrogen (secondary N) is 1. The lowest BCUT2D eigenvalue weighted by molar-refractivity contribution is -0.144. The summed E-state index contributed by atoms with van der Waals surface area (Å²) in [6.07, 6.45) is 15.4. The highest BCUT2D eigenvalue weighted by Gasteiger charge is 2.10. The molecule has 24 heavy (non-hydrogen) atoms. The minimum atomic E-state index is -0.362. The molecular formula is C19H36BrNO3. The monoisotopic (exact) mass is 405 g/mol. The van der Waals surface area contributed by atoms with Crippen LogP contribution in [-0.4, -0.2) is 29.9 Å². The van der Waals surface area contributed by atoms with Crippen molar-refractivity contribution in [3.63, 3.8) is 0 Å². The van der Waals surface area contributed by atoms with Crippen molar-refractivity contribution in [2.45, 2.75) is 95.7 Å². The number of halogens is 1. The van der Waals surface area contributed by atoms with Gasteiger partial charge in [0.05, 0.1) is 11.4 Å². The van der Waals surface area contributed by atoms with Crippen molar-refractivity contribution >= 4 is 27.8 Å². The molecule has 0 bridgehead atoms. The van der Waals surface area contributed by atoms with Gasteiger partial charge < -0.3 is 10.1 Å². The highest BCUT2D eigenvalue weighted by molar-refractivity contribution is 9.10. The van der Waals surface area contributed by atoms with Crippen LogP contribution in [0.2, 0.25) is 0 Å². The van der Waals surface area contributed by atoms with E-state index < -0.39 is 0 Å². The number of unbranched alkanes of at least 4 members (excludes halogenated alkanes) is 11. The summed E-state index contributed by atoms with van der Waals surface area (Å²) >= 11 is 3.14. The molecule has 0 aliphatic carbocycles. The average Bonchev–Trinajstić information content (AvgIpc) is 2.56. The Morgan fingerprint density at radius 3 is 1.79 bits per heavy atom. The van der Waals surface area contributed by atoms with Gasteiger partial charge in [-0.3, -0.25) is 9.59 Å². The summed E-state index contributed by atoms with van der Waals surface area (Å²) in [6.45, 7) is 4.38. The van der Waals surface area contributed by atoms with Crippen LogP contribution in [0.5, 0.6) is 0 Å². The van der Waals surface area contributed by atoms with Gasteiger partial charge in [0.1, 0.15) is 6.54 Å². The van der Waals surface area contributed by atoms with Gasteiger partial charge in [0, 0.05) is 0 Å². The molecule has 0 aromatic carbocycles. The third kappa shape index (κ3) is 16.3. The van der Waals surface area contributed by atoms with Crippen molar-refractivity contribution in [3.8, 4) is 0 Å². The molecule has 0 aromatic rings. The summed E-state index contributed by atoms with van der Waals surface area (Å²) in [6, 6.07) is 0. The summed E-state index contributed by atoms with van der Waals surface area (Å²) in [5.74, 6) is -0.558. The predicted octanol–water partition coefficient (Wildman–Crippen LogP) is 5.13. The normalized spacial score (nSPS) is 12.0. The minimum Gasteiger partial charge on any atom is -0.464 e. The summed E-state index contributed by atoms with van der Waals surface area (Å²) in [7, 11) is 0. The van der Waals surface area contributed by atoms with Gasteiger partial charge >= 0.3 is 5.97 Å². The third-order valence-electron chi connectivity index (χ3n) is 4.03. The van der Waals surface area contributed by atoms with Crippen LogP contribution < -0.4 is 5.32 Å². The van der Waals surface area contributed by atoms with Crippen molar-refractivity contribution in [1.82, 2.24) is 5.32 Å². The standard InChI is InChI=1S/C19H36BrNO3/c1-3-4-5-6-7-8-9-10-11-12-13-14-15-24-18(22)16-21-19(23)17(2)20/h17H,3-16H2,1-2H3,(H,21,23). The second-order valence-electron chi connectivity index (χ2n) is 6.44. The quantitative estimate of drug-likeness (QED) is 0.220. The number of hydrogen-bond acceptors (Lipinski definition) is 3. The van der Waals surface area contributed by atoms with Crippen molar-refractivity contribution in [3.05, 3.63) is 0 Å². The first-order valence-electron chi connectivity index (χ1n) is 9.65. The van der Waals surface area contributed by atoms with Crippen molar-refractivity contribution < 1.29 is 14.3 Å². The second-order valence-corrected chi connectivity index (χ2v) is 7.82. The van der Waals surface area contributed by atoms with E-state index in [4.69, 9.17) is 4.74 Å².